The van der Waals surface area contributed by atoms with E-state index >= 15 is 0 Å². The Morgan fingerprint density at radius 1 is 1.00 bits per heavy atom. The molecule has 0 spiro atoms. The Kier molecular flexibility index (Phi) is 5.13. The van der Waals surface area contributed by atoms with Crippen molar-refractivity contribution in [1.29, 1.82) is 5.26 Å². The number of allylic oxidation sites excluding steroid dienone is 4. The van der Waals surface area contributed by atoms with Gasteiger partial charge in [0, 0.05) is 17.3 Å². The Morgan fingerprint density at radius 3 is 2.34 bits per heavy atom. The van der Waals surface area contributed by atoms with Gasteiger partial charge in [0.05, 0.1) is 11.1 Å². The lowest BCUT2D eigenvalue weighted by atomic mass is 9.36. The summed E-state index contributed by atoms with van der Waals surface area (Å²) >= 11 is 0. The predicted molar refractivity (Wildman–Crippen MR) is 133 cm³/mol. The quantitative estimate of drug-likeness (QED) is 0.349. The van der Waals surface area contributed by atoms with Crippen LogP contribution in [0.25, 0.3) is 0 Å². The van der Waals surface area contributed by atoms with Crippen LogP contribution < -0.4 is 0 Å². The molecule has 0 aromatic heterocycles. The first kappa shape index (κ1) is 24.4. The average molecular weight is 475 g/mol. The highest BCUT2D eigenvalue weighted by molar-refractivity contribution is 6.02. The van der Waals surface area contributed by atoms with E-state index in [1.54, 1.807) is 0 Å². The zero-order chi connectivity index (χ0) is 25.6. The van der Waals surface area contributed by atoms with Gasteiger partial charge in [-0.2, -0.15) is 10.3 Å². The number of hydrogen-bond donors (Lipinski definition) is 0. The van der Waals surface area contributed by atoms with Crippen molar-refractivity contribution in [2.45, 2.75) is 92.0 Å². The molecule has 5 aliphatic rings. The van der Waals surface area contributed by atoms with Gasteiger partial charge in [-0.15, -0.1) is 0 Å². The summed E-state index contributed by atoms with van der Waals surface area (Å²) in [5.41, 5.74) is -0.0316. The van der Waals surface area contributed by atoms with Gasteiger partial charge < -0.3 is 0 Å². The first-order chi connectivity index (χ1) is 16.3. The number of carbonyl (C=O) groups is 2. The van der Waals surface area contributed by atoms with E-state index in [0.717, 1.165) is 50.5 Å². The summed E-state index contributed by atoms with van der Waals surface area (Å²) in [5, 5.41) is 9.72. The molecule has 3 fully saturated rings. The molecule has 186 valence electrons. The van der Waals surface area contributed by atoms with Crippen molar-refractivity contribution in [3.05, 3.63) is 23.3 Å². The smallest absolute Gasteiger partial charge is 0.235 e. The number of ketones is 2. The summed E-state index contributed by atoms with van der Waals surface area (Å²) in [6.07, 6.45) is 11.8. The highest BCUT2D eigenvalue weighted by Crippen LogP contribution is 2.72. The minimum absolute atomic E-state index is 0.0242. The van der Waals surface area contributed by atoms with E-state index < -0.39 is 11.0 Å². The second kappa shape index (κ2) is 7.36. The van der Waals surface area contributed by atoms with E-state index in [1.807, 2.05) is 25.2 Å². The maximum atomic E-state index is 14.2. The summed E-state index contributed by atoms with van der Waals surface area (Å²) in [4.78, 5) is 43.0. The van der Waals surface area contributed by atoms with Gasteiger partial charge in [0.1, 0.15) is 6.07 Å². The molecular formula is C30H38N2O3. The Hall–Kier alpha value is -2.31. The van der Waals surface area contributed by atoms with Gasteiger partial charge in [0.2, 0.25) is 6.08 Å². The largest absolute Gasteiger partial charge is 0.295 e. The average Bonchev–Trinajstić information content (AvgIpc) is 2.79. The van der Waals surface area contributed by atoms with Crippen LogP contribution in [0.5, 0.6) is 0 Å². The standard InChI is InChI=1S/C30H38N2O3/c1-18-20-7-8-28(5)23(27(20,4)14-19(16-31)25(18)35)13-22(34)24-21-15-26(2,3)9-11-30(21,32-17-33)12-10-29(24,28)6/h13-14,18,20-21,24H,7-12,15H2,1-6H3. The lowest BCUT2D eigenvalue weighted by molar-refractivity contribution is -0.155. The number of Topliss-reactive ketones (excluding diaryl/α,β-unsaturated/α-hetero) is 1. The number of carbonyl (C=O) groups excluding carboxylic acids is 3. The van der Waals surface area contributed by atoms with Gasteiger partial charge in [-0.3, -0.25) is 9.59 Å². The molecule has 5 aliphatic carbocycles. The molecule has 0 N–H and O–H groups in total. The first-order valence-electron chi connectivity index (χ1n) is 13.3. The molecule has 0 aliphatic heterocycles. The van der Waals surface area contributed by atoms with E-state index in [-0.39, 0.29) is 57.1 Å². The van der Waals surface area contributed by atoms with E-state index in [0.29, 0.717) is 0 Å². The number of fused-ring (bicyclic) bond motifs is 7. The summed E-state index contributed by atoms with van der Waals surface area (Å²) in [7, 11) is 0. The SMILES string of the molecule is CC1C(=O)C(C#N)=CC2(C)C3=CC(=O)C4C5CC(C)(C)CCC5(N=C=O)CCC4(C)C3(C)CCC12. The van der Waals surface area contributed by atoms with Crippen molar-refractivity contribution in [2.24, 2.45) is 50.3 Å². The fourth-order valence-electron chi connectivity index (χ4n) is 9.51. The van der Waals surface area contributed by atoms with E-state index in [4.69, 9.17) is 0 Å². The Bertz CT molecular complexity index is 1170. The maximum absolute atomic E-state index is 14.2. The zero-order valence-corrected chi connectivity index (χ0v) is 22.0. The summed E-state index contributed by atoms with van der Waals surface area (Å²) in [5.74, 6) is -0.226. The van der Waals surface area contributed by atoms with Crippen molar-refractivity contribution < 1.29 is 14.4 Å². The number of isocyanates is 1. The molecule has 8 atom stereocenters. The highest BCUT2D eigenvalue weighted by atomic mass is 16.1. The van der Waals surface area contributed by atoms with Gasteiger partial charge in [-0.05, 0) is 79.1 Å². The second-order valence-corrected chi connectivity index (χ2v) is 13.7. The molecule has 5 nitrogen and oxygen atoms in total. The minimum atomic E-state index is -0.490. The molecule has 8 unspecified atom stereocenters. The third-order valence-electron chi connectivity index (χ3n) is 11.7. The van der Waals surface area contributed by atoms with Crippen LogP contribution in [-0.4, -0.2) is 23.2 Å². The van der Waals surface area contributed by atoms with Crippen LogP contribution in [0.4, 0.5) is 0 Å². The number of nitrogens with zero attached hydrogens (tertiary/aromatic N) is 2. The van der Waals surface area contributed by atoms with Gasteiger partial charge in [0.15, 0.2) is 11.6 Å². The molecule has 0 aromatic carbocycles. The molecule has 0 aromatic rings. The number of hydrogen-bond acceptors (Lipinski definition) is 5. The van der Waals surface area contributed by atoms with Crippen molar-refractivity contribution in [2.75, 3.05) is 0 Å². The lowest BCUT2D eigenvalue weighted by Crippen LogP contribution is -2.65. The molecule has 5 rings (SSSR count). The molecule has 3 saturated carbocycles. The fraction of sp³-hybridized carbons (Fsp3) is 0.733. The normalized spacial score (nSPS) is 48.0. The number of rotatable bonds is 1. The third-order valence-corrected chi connectivity index (χ3v) is 11.7. The van der Waals surface area contributed by atoms with Crippen LogP contribution in [-0.2, 0) is 14.4 Å². The molecule has 0 saturated heterocycles. The Labute approximate surface area is 209 Å². The summed E-state index contributed by atoms with van der Waals surface area (Å²) < 4.78 is 0. The summed E-state index contributed by atoms with van der Waals surface area (Å²) in [6.45, 7) is 13.3. The molecular weight excluding hydrogens is 436 g/mol. The number of aliphatic imine (C=N–C) groups is 1. The van der Waals surface area contributed by atoms with Gasteiger partial charge in [-0.25, -0.2) is 4.79 Å². The van der Waals surface area contributed by atoms with Gasteiger partial charge in [0.25, 0.3) is 0 Å². The lowest BCUT2D eigenvalue weighted by Gasteiger charge is -2.68. The molecule has 0 bridgehead atoms. The van der Waals surface area contributed by atoms with Crippen molar-refractivity contribution in [3.63, 3.8) is 0 Å². The van der Waals surface area contributed by atoms with Crippen LogP contribution in [0.15, 0.2) is 28.3 Å². The van der Waals surface area contributed by atoms with Crippen LogP contribution in [0.2, 0.25) is 0 Å². The monoisotopic (exact) mass is 474 g/mol. The Balaban J connectivity index is 1.69. The molecule has 35 heavy (non-hydrogen) atoms. The van der Waals surface area contributed by atoms with E-state index in [2.05, 4.69) is 45.7 Å². The van der Waals surface area contributed by atoms with Gasteiger partial charge in [-0.1, -0.05) is 53.2 Å². The highest BCUT2D eigenvalue weighted by Gasteiger charge is 2.69. The number of nitriles is 1. The maximum Gasteiger partial charge on any atom is 0.235 e. The molecule has 0 amide bonds. The van der Waals surface area contributed by atoms with Crippen LogP contribution in [0, 0.1) is 56.7 Å². The van der Waals surface area contributed by atoms with Crippen LogP contribution in [0.3, 0.4) is 0 Å². The molecule has 5 heteroatoms. The van der Waals surface area contributed by atoms with Crippen LogP contribution >= 0.6 is 0 Å². The minimum Gasteiger partial charge on any atom is -0.295 e. The summed E-state index contributed by atoms with van der Waals surface area (Å²) in [6, 6.07) is 2.14. The van der Waals surface area contributed by atoms with Gasteiger partial charge >= 0.3 is 0 Å². The van der Waals surface area contributed by atoms with E-state index in [1.165, 1.54) is 0 Å². The van der Waals surface area contributed by atoms with Crippen molar-refractivity contribution >= 4 is 17.6 Å². The molecule has 0 radical (unpaired) electrons. The third kappa shape index (κ3) is 2.99. The second-order valence-electron chi connectivity index (χ2n) is 13.7. The van der Waals surface area contributed by atoms with E-state index in [9.17, 15) is 19.6 Å². The molecule has 0 heterocycles. The van der Waals surface area contributed by atoms with Crippen molar-refractivity contribution in [3.8, 4) is 6.07 Å². The zero-order valence-electron chi connectivity index (χ0n) is 22.0. The van der Waals surface area contributed by atoms with Crippen molar-refractivity contribution in [1.82, 2.24) is 0 Å². The van der Waals surface area contributed by atoms with Crippen LogP contribution in [0.1, 0.15) is 86.5 Å². The Morgan fingerprint density at radius 2 is 1.69 bits per heavy atom. The first-order valence-corrected chi connectivity index (χ1v) is 13.3. The fourth-order valence-corrected chi connectivity index (χ4v) is 9.51. The predicted octanol–water partition coefficient (Wildman–Crippen LogP) is 5.90. The topological polar surface area (TPSA) is 87.4 Å².